The highest BCUT2D eigenvalue weighted by Crippen LogP contribution is 2.28. The van der Waals surface area contributed by atoms with Crippen LogP contribution in [0.1, 0.15) is 17.5 Å². The number of aliphatic carboxylic acids is 1. The predicted molar refractivity (Wildman–Crippen MR) is 92.6 cm³/mol. The van der Waals surface area contributed by atoms with Gasteiger partial charge in [-0.05, 0) is 29.7 Å². The average Bonchev–Trinajstić information content (AvgIpc) is 2.60. The number of rotatable bonds is 9. The number of ether oxygens (including phenoxy) is 2. The Balaban J connectivity index is 2.06. The SMILES string of the molecule is COc1ccc(C[C@@H](CC(=O)O)NCc2ccccc2)cc1OC. The van der Waals surface area contributed by atoms with Crippen LogP contribution in [0.4, 0.5) is 0 Å². The molecule has 0 saturated heterocycles. The van der Waals surface area contributed by atoms with Crippen LogP contribution in [0.3, 0.4) is 0 Å². The van der Waals surface area contributed by atoms with E-state index in [9.17, 15) is 4.79 Å². The molecule has 24 heavy (non-hydrogen) atoms. The van der Waals surface area contributed by atoms with Crippen LogP contribution in [0.15, 0.2) is 48.5 Å². The number of carbonyl (C=O) groups is 1. The Labute approximate surface area is 142 Å². The maximum atomic E-state index is 11.2. The number of hydrogen-bond donors (Lipinski definition) is 2. The maximum Gasteiger partial charge on any atom is 0.304 e. The number of hydrogen-bond acceptors (Lipinski definition) is 4. The first-order valence-electron chi connectivity index (χ1n) is 7.82. The molecule has 0 bridgehead atoms. The van der Waals surface area contributed by atoms with Crippen molar-refractivity contribution in [3.63, 3.8) is 0 Å². The van der Waals surface area contributed by atoms with Crippen molar-refractivity contribution in [1.29, 1.82) is 0 Å². The molecule has 0 fully saturated rings. The van der Waals surface area contributed by atoms with Gasteiger partial charge in [0.15, 0.2) is 11.5 Å². The van der Waals surface area contributed by atoms with Crippen molar-refractivity contribution in [1.82, 2.24) is 5.32 Å². The summed E-state index contributed by atoms with van der Waals surface area (Å²) >= 11 is 0. The Kier molecular flexibility index (Phi) is 6.63. The second-order valence-corrected chi connectivity index (χ2v) is 5.55. The van der Waals surface area contributed by atoms with Crippen molar-refractivity contribution in [3.05, 3.63) is 59.7 Å². The topological polar surface area (TPSA) is 67.8 Å². The second kappa shape index (κ2) is 8.93. The minimum atomic E-state index is -0.818. The Morgan fingerprint density at radius 3 is 2.38 bits per heavy atom. The van der Waals surface area contributed by atoms with E-state index in [2.05, 4.69) is 5.32 Å². The van der Waals surface area contributed by atoms with Gasteiger partial charge in [-0.3, -0.25) is 4.79 Å². The van der Waals surface area contributed by atoms with Gasteiger partial charge in [-0.15, -0.1) is 0 Å². The Bertz CT molecular complexity index is 658. The summed E-state index contributed by atoms with van der Waals surface area (Å²) in [6.07, 6.45) is 0.653. The summed E-state index contributed by atoms with van der Waals surface area (Å²) in [6, 6.07) is 15.4. The molecule has 2 N–H and O–H groups in total. The minimum Gasteiger partial charge on any atom is -0.493 e. The van der Waals surface area contributed by atoms with Crippen LogP contribution in [-0.2, 0) is 17.8 Å². The van der Waals surface area contributed by atoms with E-state index in [0.717, 1.165) is 11.1 Å². The molecule has 0 aliphatic rings. The molecule has 0 unspecified atom stereocenters. The van der Waals surface area contributed by atoms with Crippen molar-refractivity contribution in [3.8, 4) is 11.5 Å². The van der Waals surface area contributed by atoms with Crippen molar-refractivity contribution < 1.29 is 19.4 Å². The molecule has 0 radical (unpaired) electrons. The zero-order chi connectivity index (χ0) is 17.4. The van der Waals surface area contributed by atoms with Gasteiger partial charge in [0.2, 0.25) is 0 Å². The molecule has 2 aromatic rings. The van der Waals surface area contributed by atoms with Gasteiger partial charge in [-0.1, -0.05) is 36.4 Å². The number of carboxylic acid groups (broad SMARTS) is 1. The first-order valence-corrected chi connectivity index (χ1v) is 7.82. The van der Waals surface area contributed by atoms with Crippen LogP contribution >= 0.6 is 0 Å². The third-order valence-electron chi connectivity index (χ3n) is 3.79. The lowest BCUT2D eigenvalue weighted by Crippen LogP contribution is -2.33. The van der Waals surface area contributed by atoms with Gasteiger partial charge in [-0.25, -0.2) is 0 Å². The monoisotopic (exact) mass is 329 g/mol. The first-order chi connectivity index (χ1) is 11.6. The van der Waals surface area contributed by atoms with E-state index in [-0.39, 0.29) is 12.5 Å². The summed E-state index contributed by atoms with van der Waals surface area (Å²) < 4.78 is 10.5. The molecular formula is C19H23NO4. The lowest BCUT2D eigenvalue weighted by atomic mass is 10.0. The van der Waals surface area contributed by atoms with E-state index >= 15 is 0 Å². The molecule has 0 aliphatic carbocycles. The Morgan fingerprint density at radius 1 is 1.04 bits per heavy atom. The van der Waals surface area contributed by atoms with Crippen LogP contribution < -0.4 is 14.8 Å². The molecule has 0 spiro atoms. The predicted octanol–water partition coefficient (Wildman–Crippen LogP) is 2.88. The second-order valence-electron chi connectivity index (χ2n) is 5.55. The van der Waals surface area contributed by atoms with Gasteiger partial charge in [-0.2, -0.15) is 0 Å². The highest BCUT2D eigenvalue weighted by molar-refractivity contribution is 5.67. The van der Waals surface area contributed by atoms with Crippen LogP contribution in [0.2, 0.25) is 0 Å². The summed E-state index contributed by atoms with van der Waals surface area (Å²) in [6.45, 7) is 0.631. The molecule has 0 aliphatic heterocycles. The van der Waals surface area contributed by atoms with Crippen LogP contribution in [0.25, 0.3) is 0 Å². The minimum absolute atomic E-state index is 0.0567. The third-order valence-corrected chi connectivity index (χ3v) is 3.79. The highest BCUT2D eigenvalue weighted by atomic mass is 16.5. The zero-order valence-corrected chi connectivity index (χ0v) is 14.0. The van der Waals surface area contributed by atoms with Crippen molar-refractivity contribution >= 4 is 5.97 Å². The number of nitrogens with one attached hydrogen (secondary N) is 1. The summed E-state index contributed by atoms with van der Waals surface area (Å²) in [5.41, 5.74) is 2.12. The molecule has 0 heterocycles. The average molecular weight is 329 g/mol. The highest BCUT2D eigenvalue weighted by Gasteiger charge is 2.15. The molecule has 2 rings (SSSR count). The van der Waals surface area contributed by atoms with Gasteiger partial charge in [0, 0.05) is 12.6 Å². The molecule has 2 aromatic carbocycles. The van der Waals surface area contributed by atoms with Gasteiger partial charge in [0.05, 0.1) is 20.6 Å². The van der Waals surface area contributed by atoms with Crippen molar-refractivity contribution in [2.24, 2.45) is 0 Å². The molecule has 1 atom stereocenters. The molecule has 0 saturated carbocycles. The molecular weight excluding hydrogens is 306 g/mol. The standard InChI is InChI=1S/C19H23NO4/c1-23-17-9-8-15(11-18(17)24-2)10-16(12-19(21)22)20-13-14-6-4-3-5-7-14/h3-9,11,16,20H,10,12-13H2,1-2H3,(H,21,22)/t16-/m0/s1. The van der Waals surface area contributed by atoms with Crippen molar-refractivity contribution in [2.45, 2.75) is 25.4 Å². The van der Waals surface area contributed by atoms with Gasteiger partial charge >= 0.3 is 5.97 Å². The quantitative estimate of drug-likeness (QED) is 0.740. The van der Waals surface area contributed by atoms with E-state index in [1.807, 2.05) is 48.5 Å². The van der Waals surface area contributed by atoms with E-state index in [1.165, 1.54) is 0 Å². The summed E-state index contributed by atoms with van der Waals surface area (Å²) in [4.78, 5) is 11.2. The molecule has 0 aromatic heterocycles. The fraction of sp³-hybridized carbons (Fsp3) is 0.316. The fourth-order valence-corrected chi connectivity index (χ4v) is 2.58. The summed E-state index contributed by atoms with van der Waals surface area (Å²) in [5, 5.41) is 12.5. The summed E-state index contributed by atoms with van der Waals surface area (Å²) in [5.74, 6) is 0.487. The molecule has 128 valence electrons. The lowest BCUT2D eigenvalue weighted by molar-refractivity contribution is -0.137. The largest absolute Gasteiger partial charge is 0.493 e. The fourth-order valence-electron chi connectivity index (χ4n) is 2.58. The molecule has 5 heteroatoms. The molecule has 5 nitrogen and oxygen atoms in total. The van der Waals surface area contributed by atoms with E-state index in [4.69, 9.17) is 14.6 Å². The van der Waals surface area contributed by atoms with Crippen LogP contribution in [0, 0.1) is 0 Å². The van der Waals surface area contributed by atoms with Gasteiger partial charge in [0.25, 0.3) is 0 Å². The van der Waals surface area contributed by atoms with Crippen molar-refractivity contribution in [2.75, 3.05) is 14.2 Å². The van der Waals surface area contributed by atoms with Crippen LogP contribution in [0.5, 0.6) is 11.5 Å². The third kappa shape index (κ3) is 5.28. The Morgan fingerprint density at radius 2 is 1.75 bits per heavy atom. The molecule has 0 amide bonds. The van der Waals surface area contributed by atoms with Gasteiger partial charge in [0.1, 0.15) is 0 Å². The maximum absolute atomic E-state index is 11.2. The van der Waals surface area contributed by atoms with E-state index in [1.54, 1.807) is 14.2 Å². The Hall–Kier alpha value is -2.53. The number of methoxy groups -OCH3 is 2. The number of carboxylic acids is 1. The van der Waals surface area contributed by atoms with E-state index in [0.29, 0.717) is 24.5 Å². The van der Waals surface area contributed by atoms with E-state index < -0.39 is 5.97 Å². The summed E-state index contributed by atoms with van der Waals surface area (Å²) in [7, 11) is 3.18. The smallest absolute Gasteiger partial charge is 0.304 e. The zero-order valence-electron chi connectivity index (χ0n) is 14.0. The normalized spacial score (nSPS) is 11.8. The van der Waals surface area contributed by atoms with Gasteiger partial charge < -0.3 is 19.9 Å². The van der Waals surface area contributed by atoms with Crippen LogP contribution in [-0.4, -0.2) is 31.3 Å². The number of benzene rings is 2. The lowest BCUT2D eigenvalue weighted by Gasteiger charge is -2.18. The first kappa shape index (κ1) is 17.8.